The highest BCUT2D eigenvalue weighted by atomic mass is 16.5. The molecule has 0 amide bonds. The molecule has 0 radical (unpaired) electrons. The highest BCUT2D eigenvalue weighted by Gasteiger charge is 2.12. The van der Waals surface area contributed by atoms with Gasteiger partial charge in [-0.15, -0.1) is 0 Å². The van der Waals surface area contributed by atoms with Gasteiger partial charge in [0.1, 0.15) is 5.75 Å². The molecule has 0 bridgehead atoms. The standard InChI is InChI=1S/C15H18N2O3/c1-10(2)9-20-12-6-4-11(5-7-12)14-8-13(15(18)19)16-17(14)3/h4-8,10H,9H2,1-3H3,(H,18,19). The first kappa shape index (κ1) is 14.1. The van der Waals surface area contributed by atoms with Crippen LogP contribution in [0.4, 0.5) is 0 Å². The van der Waals surface area contributed by atoms with Crippen molar-refractivity contribution >= 4 is 5.97 Å². The zero-order valence-corrected chi connectivity index (χ0v) is 11.8. The SMILES string of the molecule is CC(C)COc1ccc(-c2cc(C(=O)O)nn2C)cc1. The van der Waals surface area contributed by atoms with E-state index in [2.05, 4.69) is 18.9 Å². The van der Waals surface area contributed by atoms with Crippen LogP contribution in [-0.2, 0) is 7.05 Å². The van der Waals surface area contributed by atoms with Gasteiger partial charge >= 0.3 is 5.97 Å². The van der Waals surface area contributed by atoms with Crippen LogP contribution < -0.4 is 4.74 Å². The summed E-state index contributed by atoms with van der Waals surface area (Å²) in [5.41, 5.74) is 1.71. The molecule has 0 fully saturated rings. The second kappa shape index (κ2) is 5.77. The van der Waals surface area contributed by atoms with Crippen molar-refractivity contribution in [1.29, 1.82) is 0 Å². The maximum Gasteiger partial charge on any atom is 0.356 e. The second-order valence-corrected chi connectivity index (χ2v) is 5.07. The lowest BCUT2D eigenvalue weighted by Crippen LogP contribution is -2.04. The summed E-state index contributed by atoms with van der Waals surface area (Å²) in [6.07, 6.45) is 0. The first-order valence-electron chi connectivity index (χ1n) is 6.48. The molecule has 1 heterocycles. The number of hydrogen-bond acceptors (Lipinski definition) is 3. The summed E-state index contributed by atoms with van der Waals surface area (Å²) in [5, 5.41) is 12.9. The first-order chi connectivity index (χ1) is 9.47. The minimum absolute atomic E-state index is 0.0441. The van der Waals surface area contributed by atoms with Crippen molar-refractivity contribution in [3.63, 3.8) is 0 Å². The van der Waals surface area contributed by atoms with Gasteiger partial charge in [0.05, 0.1) is 12.3 Å². The number of nitrogens with zero attached hydrogens (tertiary/aromatic N) is 2. The van der Waals surface area contributed by atoms with Crippen molar-refractivity contribution in [2.75, 3.05) is 6.61 Å². The third-order valence-corrected chi connectivity index (χ3v) is 2.83. The van der Waals surface area contributed by atoms with Crippen LogP contribution in [0.2, 0.25) is 0 Å². The third kappa shape index (κ3) is 3.17. The van der Waals surface area contributed by atoms with Gasteiger partial charge in [-0.2, -0.15) is 5.10 Å². The second-order valence-electron chi connectivity index (χ2n) is 5.07. The fourth-order valence-electron chi connectivity index (χ4n) is 1.83. The molecular weight excluding hydrogens is 256 g/mol. The van der Waals surface area contributed by atoms with Gasteiger partial charge in [-0.3, -0.25) is 4.68 Å². The van der Waals surface area contributed by atoms with Crippen molar-refractivity contribution in [3.8, 4) is 17.0 Å². The molecule has 0 unspecified atom stereocenters. The van der Waals surface area contributed by atoms with Crippen LogP contribution in [0.5, 0.6) is 5.75 Å². The van der Waals surface area contributed by atoms with Gasteiger partial charge in [-0.1, -0.05) is 13.8 Å². The molecule has 5 heteroatoms. The Morgan fingerprint density at radius 3 is 2.50 bits per heavy atom. The van der Waals surface area contributed by atoms with Crippen molar-refractivity contribution in [1.82, 2.24) is 9.78 Å². The van der Waals surface area contributed by atoms with Crippen molar-refractivity contribution < 1.29 is 14.6 Å². The molecule has 0 saturated carbocycles. The van der Waals surface area contributed by atoms with E-state index < -0.39 is 5.97 Å². The fourth-order valence-corrected chi connectivity index (χ4v) is 1.83. The maximum absolute atomic E-state index is 10.9. The van der Waals surface area contributed by atoms with E-state index in [4.69, 9.17) is 9.84 Å². The molecule has 1 N–H and O–H groups in total. The number of carbonyl (C=O) groups is 1. The maximum atomic E-state index is 10.9. The molecule has 0 spiro atoms. The average molecular weight is 274 g/mol. The molecule has 0 aliphatic rings. The Morgan fingerprint density at radius 2 is 2.00 bits per heavy atom. The molecule has 2 aromatic rings. The average Bonchev–Trinajstić information content (AvgIpc) is 2.79. The summed E-state index contributed by atoms with van der Waals surface area (Å²) in [4.78, 5) is 10.9. The summed E-state index contributed by atoms with van der Waals surface area (Å²) >= 11 is 0. The Morgan fingerprint density at radius 1 is 1.35 bits per heavy atom. The van der Waals surface area contributed by atoms with E-state index >= 15 is 0 Å². The molecule has 20 heavy (non-hydrogen) atoms. The number of hydrogen-bond donors (Lipinski definition) is 1. The van der Waals surface area contributed by atoms with Crippen LogP contribution >= 0.6 is 0 Å². The van der Waals surface area contributed by atoms with Crippen LogP contribution in [0.15, 0.2) is 30.3 Å². The largest absolute Gasteiger partial charge is 0.493 e. The third-order valence-electron chi connectivity index (χ3n) is 2.83. The van der Waals surface area contributed by atoms with E-state index in [1.165, 1.54) is 0 Å². The zero-order valence-electron chi connectivity index (χ0n) is 11.8. The highest BCUT2D eigenvalue weighted by Crippen LogP contribution is 2.23. The smallest absolute Gasteiger partial charge is 0.356 e. The highest BCUT2D eigenvalue weighted by molar-refractivity contribution is 5.87. The summed E-state index contributed by atoms with van der Waals surface area (Å²) < 4.78 is 7.18. The molecule has 1 aromatic carbocycles. The summed E-state index contributed by atoms with van der Waals surface area (Å²) in [6.45, 7) is 4.86. The van der Waals surface area contributed by atoms with Gasteiger partial charge in [0.15, 0.2) is 5.69 Å². The Balaban J connectivity index is 2.19. The zero-order chi connectivity index (χ0) is 14.7. The minimum Gasteiger partial charge on any atom is -0.493 e. The lowest BCUT2D eigenvalue weighted by atomic mass is 10.1. The van der Waals surface area contributed by atoms with E-state index in [-0.39, 0.29) is 5.69 Å². The van der Waals surface area contributed by atoms with Crippen LogP contribution in [0.25, 0.3) is 11.3 Å². The molecule has 106 valence electrons. The van der Waals surface area contributed by atoms with Crippen molar-refractivity contribution in [2.45, 2.75) is 13.8 Å². The van der Waals surface area contributed by atoms with Gasteiger partial charge in [-0.25, -0.2) is 4.79 Å². The number of aryl methyl sites for hydroxylation is 1. The van der Waals surface area contributed by atoms with Gasteiger partial charge in [0.25, 0.3) is 0 Å². The van der Waals surface area contributed by atoms with Gasteiger partial charge in [-0.05, 0) is 36.2 Å². The Kier molecular flexibility index (Phi) is 4.08. The fraction of sp³-hybridized carbons (Fsp3) is 0.333. The van der Waals surface area contributed by atoms with Crippen molar-refractivity contribution in [3.05, 3.63) is 36.0 Å². The van der Waals surface area contributed by atoms with E-state index in [1.807, 2.05) is 24.3 Å². The van der Waals surface area contributed by atoms with E-state index in [0.29, 0.717) is 12.5 Å². The minimum atomic E-state index is -1.02. The van der Waals surface area contributed by atoms with Crippen LogP contribution in [0.3, 0.4) is 0 Å². The lowest BCUT2D eigenvalue weighted by molar-refractivity contribution is 0.0689. The number of aromatic nitrogens is 2. The molecule has 0 aliphatic carbocycles. The number of aromatic carboxylic acids is 1. The molecule has 0 saturated heterocycles. The van der Waals surface area contributed by atoms with Gasteiger partial charge in [0.2, 0.25) is 0 Å². The van der Waals surface area contributed by atoms with E-state index in [9.17, 15) is 4.79 Å². The molecule has 5 nitrogen and oxygen atoms in total. The molecule has 0 aliphatic heterocycles. The number of benzene rings is 1. The number of carboxylic acids is 1. The molecule has 1 aromatic heterocycles. The first-order valence-corrected chi connectivity index (χ1v) is 6.48. The predicted molar refractivity (Wildman–Crippen MR) is 75.9 cm³/mol. The summed E-state index contributed by atoms with van der Waals surface area (Å²) in [6, 6.07) is 9.12. The molecule has 2 rings (SSSR count). The van der Waals surface area contributed by atoms with Crippen LogP contribution in [0.1, 0.15) is 24.3 Å². The summed E-state index contributed by atoms with van der Waals surface area (Å²) in [7, 11) is 1.73. The summed E-state index contributed by atoms with van der Waals surface area (Å²) in [5.74, 6) is 0.261. The molecule has 0 atom stereocenters. The Labute approximate surface area is 117 Å². The van der Waals surface area contributed by atoms with Crippen LogP contribution in [0, 0.1) is 5.92 Å². The number of carboxylic acid groups (broad SMARTS) is 1. The molecular formula is C15H18N2O3. The van der Waals surface area contributed by atoms with E-state index in [0.717, 1.165) is 17.0 Å². The monoisotopic (exact) mass is 274 g/mol. The topological polar surface area (TPSA) is 64.3 Å². The van der Waals surface area contributed by atoms with Crippen molar-refractivity contribution in [2.24, 2.45) is 13.0 Å². The number of rotatable bonds is 5. The van der Waals surface area contributed by atoms with Gasteiger partial charge in [0, 0.05) is 12.6 Å². The van der Waals surface area contributed by atoms with Gasteiger partial charge < -0.3 is 9.84 Å². The Hall–Kier alpha value is -2.30. The normalized spacial score (nSPS) is 10.8. The quantitative estimate of drug-likeness (QED) is 0.910. The predicted octanol–water partition coefficient (Wildman–Crippen LogP) is 2.82. The van der Waals surface area contributed by atoms with E-state index in [1.54, 1.807) is 17.8 Å². The van der Waals surface area contributed by atoms with Crippen LogP contribution in [-0.4, -0.2) is 27.5 Å². The Bertz CT molecular complexity index is 600. The number of ether oxygens (including phenoxy) is 1. The lowest BCUT2D eigenvalue weighted by Gasteiger charge is -2.09.